The van der Waals surface area contributed by atoms with Crippen molar-refractivity contribution in [2.75, 3.05) is 19.7 Å². The van der Waals surface area contributed by atoms with Crippen LogP contribution in [0.15, 0.2) is 36.0 Å². The number of nitrogens with zero attached hydrogens (tertiary/aromatic N) is 5. The Balaban J connectivity index is 1.28. The fourth-order valence-corrected chi connectivity index (χ4v) is 3.97. The summed E-state index contributed by atoms with van der Waals surface area (Å²) in [5.41, 5.74) is 0.620. The number of likely N-dealkylation sites (tertiary alicyclic amines) is 1. The molecule has 1 aliphatic rings. The van der Waals surface area contributed by atoms with Gasteiger partial charge in [-0.1, -0.05) is 6.07 Å². The molecule has 0 aromatic carbocycles. The van der Waals surface area contributed by atoms with E-state index in [1.807, 2.05) is 17.5 Å². The molecule has 0 spiro atoms. The number of fused-ring (bicyclic) bond motifs is 1. The molecule has 1 saturated heterocycles. The molecule has 0 aliphatic carbocycles. The summed E-state index contributed by atoms with van der Waals surface area (Å²) in [6.45, 7) is 1.21. The molecule has 0 bridgehead atoms. The third-order valence-electron chi connectivity index (χ3n) is 4.65. The molecule has 1 unspecified atom stereocenters. The maximum atomic E-state index is 12.4. The van der Waals surface area contributed by atoms with Gasteiger partial charge in [-0.15, -0.1) is 26.6 Å². The Kier molecular flexibility index (Phi) is 4.81. The van der Waals surface area contributed by atoms with E-state index in [9.17, 15) is 9.90 Å². The first kappa shape index (κ1) is 16.9. The molecule has 4 heterocycles. The average molecular weight is 373 g/mol. The summed E-state index contributed by atoms with van der Waals surface area (Å²) in [7, 11) is 0. The number of aromatic nitrogens is 4. The van der Waals surface area contributed by atoms with Gasteiger partial charge in [0, 0.05) is 24.0 Å². The molecular formula is C17H19N5O3S. The SMILES string of the molecule is O=C(COc1ccc2nncn2n1)N1CCC(C(O)c2cccs2)CC1. The van der Waals surface area contributed by atoms with Gasteiger partial charge in [0.2, 0.25) is 5.88 Å². The highest BCUT2D eigenvalue weighted by molar-refractivity contribution is 7.10. The van der Waals surface area contributed by atoms with Crippen molar-refractivity contribution in [3.63, 3.8) is 0 Å². The van der Waals surface area contributed by atoms with Gasteiger partial charge >= 0.3 is 0 Å². The van der Waals surface area contributed by atoms with Crippen molar-refractivity contribution in [2.24, 2.45) is 5.92 Å². The van der Waals surface area contributed by atoms with Crippen molar-refractivity contribution in [1.82, 2.24) is 24.7 Å². The van der Waals surface area contributed by atoms with Gasteiger partial charge in [0.05, 0.1) is 6.10 Å². The van der Waals surface area contributed by atoms with E-state index in [-0.39, 0.29) is 18.4 Å². The zero-order valence-corrected chi connectivity index (χ0v) is 14.9. The molecule has 8 nitrogen and oxygen atoms in total. The van der Waals surface area contributed by atoms with E-state index in [1.165, 1.54) is 10.8 Å². The van der Waals surface area contributed by atoms with Gasteiger partial charge in [-0.2, -0.15) is 4.52 Å². The van der Waals surface area contributed by atoms with Gasteiger partial charge in [0.15, 0.2) is 12.3 Å². The number of aliphatic hydroxyl groups is 1. The highest BCUT2D eigenvalue weighted by atomic mass is 32.1. The number of piperidine rings is 1. The Labute approximate surface area is 154 Å². The molecule has 1 N–H and O–H groups in total. The van der Waals surface area contributed by atoms with Gasteiger partial charge < -0.3 is 14.7 Å². The van der Waals surface area contributed by atoms with E-state index in [0.29, 0.717) is 24.6 Å². The zero-order chi connectivity index (χ0) is 17.9. The van der Waals surface area contributed by atoms with E-state index in [2.05, 4.69) is 15.3 Å². The minimum Gasteiger partial charge on any atom is -0.467 e. The smallest absolute Gasteiger partial charge is 0.260 e. The van der Waals surface area contributed by atoms with Crippen LogP contribution in [0.2, 0.25) is 0 Å². The van der Waals surface area contributed by atoms with Crippen LogP contribution in [0.3, 0.4) is 0 Å². The van der Waals surface area contributed by atoms with Crippen LogP contribution in [0.4, 0.5) is 0 Å². The van der Waals surface area contributed by atoms with Gasteiger partial charge in [-0.25, -0.2) is 0 Å². The molecule has 3 aromatic heterocycles. The molecule has 1 amide bonds. The molecule has 1 aliphatic heterocycles. The summed E-state index contributed by atoms with van der Waals surface area (Å²) in [5, 5.41) is 24.2. The summed E-state index contributed by atoms with van der Waals surface area (Å²) in [6.07, 6.45) is 2.61. The van der Waals surface area contributed by atoms with Crippen molar-refractivity contribution < 1.29 is 14.6 Å². The number of amides is 1. The summed E-state index contributed by atoms with van der Waals surface area (Å²) in [4.78, 5) is 15.2. The molecule has 0 radical (unpaired) electrons. The number of thiophene rings is 1. The fraction of sp³-hybridized carbons (Fsp3) is 0.412. The van der Waals surface area contributed by atoms with Gasteiger partial charge in [-0.3, -0.25) is 4.79 Å². The Morgan fingerprint density at radius 1 is 1.35 bits per heavy atom. The highest BCUT2D eigenvalue weighted by Crippen LogP contribution is 2.32. The van der Waals surface area contributed by atoms with Crippen molar-refractivity contribution in [3.05, 3.63) is 40.8 Å². The first-order valence-electron chi connectivity index (χ1n) is 8.50. The number of ether oxygens (including phenoxy) is 1. The van der Waals surface area contributed by atoms with Crippen LogP contribution >= 0.6 is 11.3 Å². The molecule has 1 atom stereocenters. The first-order valence-corrected chi connectivity index (χ1v) is 9.38. The number of hydrogen-bond acceptors (Lipinski definition) is 7. The third-order valence-corrected chi connectivity index (χ3v) is 5.60. The van der Waals surface area contributed by atoms with Gasteiger partial charge in [0.25, 0.3) is 5.91 Å². The second-order valence-corrected chi connectivity index (χ2v) is 7.25. The highest BCUT2D eigenvalue weighted by Gasteiger charge is 2.28. The summed E-state index contributed by atoms with van der Waals surface area (Å²) in [6, 6.07) is 7.31. The summed E-state index contributed by atoms with van der Waals surface area (Å²) >= 11 is 1.57. The fourth-order valence-electron chi connectivity index (χ4n) is 3.17. The topological polar surface area (TPSA) is 92.8 Å². The first-order chi connectivity index (χ1) is 12.7. The van der Waals surface area contributed by atoms with Gasteiger partial charge in [-0.05, 0) is 36.3 Å². The van der Waals surface area contributed by atoms with E-state index in [4.69, 9.17) is 4.74 Å². The number of aliphatic hydroxyl groups excluding tert-OH is 1. The zero-order valence-electron chi connectivity index (χ0n) is 14.1. The number of rotatable bonds is 5. The maximum Gasteiger partial charge on any atom is 0.260 e. The lowest BCUT2D eigenvalue weighted by Crippen LogP contribution is -2.42. The molecule has 4 rings (SSSR count). The standard InChI is InChI=1S/C17H19N5O3S/c23-16(10-25-15-4-3-14-19-18-11-22(14)20-15)21-7-5-12(6-8-21)17(24)13-2-1-9-26-13/h1-4,9,11-12,17,24H,5-8,10H2. The van der Waals surface area contributed by atoms with Crippen LogP contribution in [-0.2, 0) is 4.79 Å². The molecule has 1 fully saturated rings. The summed E-state index contributed by atoms with van der Waals surface area (Å²) in [5.74, 6) is 0.477. The van der Waals surface area contributed by atoms with E-state index in [1.54, 1.807) is 28.4 Å². The van der Waals surface area contributed by atoms with E-state index >= 15 is 0 Å². The lowest BCUT2D eigenvalue weighted by Gasteiger charge is -2.33. The van der Waals surface area contributed by atoms with Crippen LogP contribution in [0, 0.1) is 5.92 Å². The monoisotopic (exact) mass is 373 g/mol. The van der Waals surface area contributed by atoms with Crippen molar-refractivity contribution in [1.29, 1.82) is 0 Å². The molecule has 0 saturated carbocycles. The van der Waals surface area contributed by atoms with Crippen LogP contribution < -0.4 is 4.74 Å². The van der Waals surface area contributed by atoms with Crippen molar-refractivity contribution >= 4 is 22.9 Å². The van der Waals surface area contributed by atoms with E-state index in [0.717, 1.165) is 17.7 Å². The second-order valence-electron chi connectivity index (χ2n) is 6.27. The molecular weight excluding hydrogens is 354 g/mol. The Morgan fingerprint density at radius 2 is 2.19 bits per heavy atom. The number of carbonyl (C=O) groups excluding carboxylic acids is 1. The lowest BCUT2D eigenvalue weighted by atomic mass is 9.90. The van der Waals surface area contributed by atoms with Gasteiger partial charge in [0.1, 0.15) is 6.33 Å². The van der Waals surface area contributed by atoms with E-state index < -0.39 is 6.10 Å². The molecule has 3 aromatic rings. The normalized spacial score (nSPS) is 16.7. The Morgan fingerprint density at radius 3 is 2.96 bits per heavy atom. The van der Waals surface area contributed by atoms with Crippen molar-refractivity contribution in [3.8, 4) is 5.88 Å². The summed E-state index contributed by atoms with van der Waals surface area (Å²) < 4.78 is 7.00. The second kappa shape index (κ2) is 7.38. The molecule has 9 heteroatoms. The predicted octanol–water partition coefficient (Wildman–Crippen LogP) is 1.54. The molecule has 136 valence electrons. The average Bonchev–Trinajstić information content (AvgIpc) is 3.37. The largest absolute Gasteiger partial charge is 0.467 e. The third kappa shape index (κ3) is 3.54. The number of hydrogen-bond donors (Lipinski definition) is 1. The Bertz CT molecular complexity index is 874. The predicted molar refractivity (Wildman–Crippen MR) is 94.9 cm³/mol. The number of carbonyl (C=O) groups is 1. The van der Waals surface area contributed by atoms with Crippen LogP contribution in [0.25, 0.3) is 5.65 Å². The Hall–Kier alpha value is -2.52. The van der Waals surface area contributed by atoms with Crippen molar-refractivity contribution in [2.45, 2.75) is 18.9 Å². The van der Waals surface area contributed by atoms with Crippen LogP contribution in [0.1, 0.15) is 23.8 Å². The van der Waals surface area contributed by atoms with Crippen LogP contribution in [-0.4, -0.2) is 55.4 Å². The minimum atomic E-state index is -0.441. The lowest BCUT2D eigenvalue weighted by molar-refractivity contribution is -0.135. The minimum absolute atomic E-state index is 0.0568. The van der Waals surface area contributed by atoms with Crippen LogP contribution in [0.5, 0.6) is 5.88 Å². The quantitative estimate of drug-likeness (QED) is 0.729. The maximum absolute atomic E-state index is 12.4. The molecule has 26 heavy (non-hydrogen) atoms.